The molecule has 2 heterocycles. The van der Waals surface area contributed by atoms with E-state index in [1.165, 1.54) is 12.1 Å². The van der Waals surface area contributed by atoms with Crippen LogP contribution in [0.5, 0.6) is 11.5 Å². The average molecular weight is 381 g/mol. The minimum Gasteiger partial charge on any atom is -0.454 e. The topological polar surface area (TPSA) is 85.2 Å². The first-order chi connectivity index (χ1) is 13.6. The first kappa shape index (κ1) is 17.8. The van der Waals surface area contributed by atoms with Gasteiger partial charge >= 0.3 is 0 Å². The zero-order valence-electron chi connectivity index (χ0n) is 15.1. The number of carbonyl (C=O) groups excluding carboxylic acids is 1. The fourth-order valence-electron chi connectivity index (χ4n) is 3.26. The molecule has 2 aromatic carbocycles. The van der Waals surface area contributed by atoms with Crippen molar-refractivity contribution in [3.05, 3.63) is 64.2 Å². The molecular formula is C20H19N3O5. The van der Waals surface area contributed by atoms with Crippen LogP contribution in [0, 0.1) is 10.1 Å². The van der Waals surface area contributed by atoms with Crippen molar-refractivity contribution >= 4 is 23.4 Å². The van der Waals surface area contributed by atoms with Gasteiger partial charge in [-0.3, -0.25) is 14.9 Å². The number of anilines is 1. The summed E-state index contributed by atoms with van der Waals surface area (Å²) in [7, 11) is 0. The first-order valence-electron chi connectivity index (χ1n) is 8.96. The summed E-state index contributed by atoms with van der Waals surface area (Å²) in [5, 5.41) is 10.8. The summed E-state index contributed by atoms with van der Waals surface area (Å²) in [4.78, 5) is 26.7. The summed E-state index contributed by atoms with van der Waals surface area (Å²) in [6.07, 6.45) is 3.34. The second kappa shape index (κ2) is 7.59. The standard InChI is InChI=1S/C20H19N3O5/c24-20(8-2-15-1-7-18-19(13-15)28-14-27-18)22-11-9-21(10-12-22)16-3-5-17(6-4-16)23(25)26/h1-8,13H,9-12,14H2/b8-2+. The van der Waals surface area contributed by atoms with Gasteiger partial charge in [-0.1, -0.05) is 6.07 Å². The van der Waals surface area contributed by atoms with Crippen LogP contribution in [0.1, 0.15) is 5.56 Å². The molecule has 0 aliphatic carbocycles. The minimum atomic E-state index is -0.410. The summed E-state index contributed by atoms with van der Waals surface area (Å²) in [6, 6.07) is 12.0. The molecule has 8 nitrogen and oxygen atoms in total. The van der Waals surface area contributed by atoms with Gasteiger partial charge in [0.1, 0.15) is 0 Å². The number of benzene rings is 2. The van der Waals surface area contributed by atoms with Crippen LogP contribution >= 0.6 is 0 Å². The van der Waals surface area contributed by atoms with Gasteiger partial charge in [-0.2, -0.15) is 0 Å². The number of nitrogens with zero attached hydrogens (tertiary/aromatic N) is 3. The lowest BCUT2D eigenvalue weighted by Crippen LogP contribution is -2.48. The lowest BCUT2D eigenvalue weighted by Gasteiger charge is -2.35. The zero-order chi connectivity index (χ0) is 19.5. The third kappa shape index (κ3) is 3.75. The molecule has 1 fully saturated rings. The molecule has 1 amide bonds. The lowest BCUT2D eigenvalue weighted by molar-refractivity contribution is -0.384. The van der Waals surface area contributed by atoms with Gasteiger partial charge in [0.25, 0.3) is 5.69 Å². The number of fused-ring (bicyclic) bond motifs is 1. The number of amides is 1. The van der Waals surface area contributed by atoms with E-state index >= 15 is 0 Å². The van der Waals surface area contributed by atoms with Gasteiger partial charge in [0.05, 0.1) is 4.92 Å². The quantitative estimate of drug-likeness (QED) is 0.460. The number of carbonyl (C=O) groups is 1. The van der Waals surface area contributed by atoms with Crippen molar-refractivity contribution in [2.45, 2.75) is 0 Å². The normalized spacial score (nSPS) is 15.9. The minimum absolute atomic E-state index is 0.0407. The van der Waals surface area contributed by atoms with E-state index in [0.717, 1.165) is 11.3 Å². The van der Waals surface area contributed by atoms with Crippen LogP contribution in [0.3, 0.4) is 0 Å². The van der Waals surface area contributed by atoms with Crippen LogP contribution in [-0.4, -0.2) is 48.7 Å². The fraction of sp³-hybridized carbons (Fsp3) is 0.250. The molecule has 0 N–H and O–H groups in total. The van der Waals surface area contributed by atoms with Crippen molar-refractivity contribution in [1.82, 2.24) is 4.90 Å². The van der Waals surface area contributed by atoms with Crippen LogP contribution < -0.4 is 14.4 Å². The average Bonchev–Trinajstić information content (AvgIpc) is 3.20. The van der Waals surface area contributed by atoms with Crippen molar-refractivity contribution in [3.63, 3.8) is 0 Å². The molecule has 8 heteroatoms. The SMILES string of the molecule is O=C(/C=C/c1ccc2c(c1)OCO2)N1CCN(c2ccc([N+](=O)[O-])cc2)CC1. The Labute approximate surface area is 161 Å². The summed E-state index contributed by atoms with van der Waals surface area (Å²) in [5.41, 5.74) is 1.88. The number of hydrogen-bond acceptors (Lipinski definition) is 6. The molecule has 28 heavy (non-hydrogen) atoms. The van der Waals surface area contributed by atoms with Crippen molar-refractivity contribution in [2.75, 3.05) is 37.9 Å². The van der Waals surface area contributed by atoms with Crippen LogP contribution in [0.2, 0.25) is 0 Å². The Kier molecular flexibility index (Phi) is 4.84. The number of piperazine rings is 1. The van der Waals surface area contributed by atoms with Crippen molar-refractivity contribution < 1.29 is 19.2 Å². The maximum Gasteiger partial charge on any atom is 0.269 e. The highest BCUT2D eigenvalue weighted by molar-refractivity contribution is 5.92. The molecule has 144 valence electrons. The molecule has 0 spiro atoms. The number of nitro benzene ring substituents is 1. The van der Waals surface area contributed by atoms with Crippen molar-refractivity contribution in [2.24, 2.45) is 0 Å². The Morgan fingerprint density at radius 1 is 1.00 bits per heavy atom. The largest absolute Gasteiger partial charge is 0.454 e. The Balaban J connectivity index is 1.33. The number of ether oxygens (including phenoxy) is 2. The molecule has 4 rings (SSSR count). The molecule has 0 bridgehead atoms. The first-order valence-corrected chi connectivity index (χ1v) is 8.96. The van der Waals surface area contributed by atoms with Gasteiger partial charge in [-0.05, 0) is 35.9 Å². The summed E-state index contributed by atoms with van der Waals surface area (Å²) >= 11 is 0. The van der Waals surface area contributed by atoms with Gasteiger partial charge in [0.2, 0.25) is 12.7 Å². The van der Waals surface area contributed by atoms with E-state index in [2.05, 4.69) is 4.90 Å². The summed E-state index contributed by atoms with van der Waals surface area (Å²) in [5.74, 6) is 1.36. The highest BCUT2D eigenvalue weighted by Gasteiger charge is 2.20. The van der Waals surface area contributed by atoms with Gasteiger partial charge in [-0.25, -0.2) is 0 Å². The molecule has 0 unspecified atom stereocenters. The van der Waals surface area contributed by atoms with Crippen LogP contribution in [0.15, 0.2) is 48.5 Å². The van der Waals surface area contributed by atoms with Crippen molar-refractivity contribution in [3.8, 4) is 11.5 Å². The maximum atomic E-state index is 12.5. The Morgan fingerprint density at radius 2 is 1.71 bits per heavy atom. The Bertz CT molecular complexity index is 918. The van der Waals surface area contributed by atoms with E-state index in [9.17, 15) is 14.9 Å². The van der Waals surface area contributed by atoms with Crippen molar-refractivity contribution in [1.29, 1.82) is 0 Å². The Hall–Kier alpha value is -3.55. The van der Waals surface area contributed by atoms with Gasteiger partial charge in [-0.15, -0.1) is 0 Å². The molecule has 0 saturated carbocycles. The molecule has 0 atom stereocenters. The van der Waals surface area contributed by atoms with E-state index in [-0.39, 0.29) is 18.4 Å². The molecule has 0 aromatic heterocycles. The number of hydrogen-bond donors (Lipinski definition) is 0. The molecular weight excluding hydrogens is 362 g/mol. The zero-order valence-corrected chi connectivity index (χ0v) is 15.1. The van der Waals surface area contributed by atoms with E-state index < -0.39 is 4.92 Å². The fourth-order valence-corrected chi connectivity index (χ4v) is 3.26. The smallest absolute Gasteiger partial charge is 0.269 e. The van der Waals surface area contributed by atoms with Crippen LogP contribution in [-0.2, 0) is 4.79 Å². The number of rotatable bonds is 4. The molecule has 2 aromatic rings. The third-order valence-corrected chi connectivity index (χ3v) is 4.83. The molecule has 1 saturated heterocycles. The monoisotopic (exact) mass is 381 g/mol. The highest BCUT2D eigenvalue weighted by atomic mass is 16.7. The number of nitro groups is 1. The van der Waals surface area contributed by atoms with E-state index in [1.807, 2.05) is 18.2 Å². The predicted octanol–water partition coefficient (Wildman–Crippen LogP) is 2.69. The summed E-state index contributed by atoms with van der Waals surface area (Å²) < 4.78 is 10.6. The van der Waals surface area contributed by atoms with E-state index in [0.29, 0.717) is 37.7 Å². The highest BCUT2D eigenvalue weighted by Crippen LogP contribution is 2.32. The maximum absolute atomic E-state index is 12.5. The van der Waals surface area contributed by atoms with Gasteiger partial charge in [0, 0.05) is 50.1 Å². The second-order valence-electron chi connectivity index (χ2n) is 6.53. The number of non-ortho nitro benzene ring substituents is 1. The lowest BCUT2D eigenvalue weighted by atomic mass is 10.2. The van der Waals surface area contributed by atoms with Crippen LogP contribution in [0.25, 0.3) is 6.08 Å². The predicted molar refractivity (Wildman–Crippen MR) is 103 cm³/mol. The molecule has 0 radical (unpaired) electrons. The van der Waals surface area contributed by atoms with E-state index in [4.69, 9.17) is 9.47 Å². The van der Waals surface area contributed by atoms with Gasteiger partial charge < -0.3 is 19.3 Å². The summed E-state index contributed by atoms with van der Waals surface area (Å²) in [6.45, 7) is 2.78. The van der Waals surface area contributed by atoms with Gasteiger partial charge in [0.15, 0.2) is 11.5 Å². The molecule has 2 aliphatic heterocycles. The van der Waals surface area contributed by atoms with E-state index in [1.54, 1.807) is 29.2 Å². The second-order valence-corrected chi connectivity index (χ2v) is 6.53. The molecule has 2 aliphatic rings. The Morgan fingerprint density at radius 3 is 2.43 bits per heavy atom. The third-order valence-electron chi connectivity index (χ3n) is 4.83. The van der Waals surface area contributed by atoms with Crippen LogP contribution in [0.4, 0.5) is 11.4 Å².